The topological polar surface area (TPSA) is 235 Å². The number of rotatable bonds is 14. The Hall–Kier alpha value is -5.42. The van der Waals surface area contributed by atoms with E-state index < -0.39 is 27.2 Å². The lowest BCUT2D eigenvalue weighted by atomic mass is 9.81. The molecular weight excluding hydrogens is 940 g/mol. The molecule has 0 bridgehead atoms. The first-order valence-electron chi connectivity index (χ1n) is 25.0. The van der Waals surface area contributed by atoms with Crippen molar-refractivity contribution >= 4 is 38.3 Å². The van der Waals surface area contributed by atoms with Gasteiger partial charge in [-0.25, -0.2) is 26.3 Å². The molecule has 10 rings (SSSR count). The summed E-state index contributed by atoms with van der Waals surface area (Å²) in [4.78, 5) is 6.17. The van der Waals surface area contributed by atoms with Crippen LogP contribution >= 0.6 is 0 Å². The summed E-state index contributed by atoms with van der Waals surface area (Å²) in [6.07, 6.45) is 16.3. The molecule has 2 atom stereocenters. The van der Waals surface area contributed by atoms with E-state index in [9.17, 15) is 16.8 Å². The van der Waals surface area contributed by atoms with Crippen molar-refractivity contribution in [3.8, 4) is 22.8 Å². The molecule has 6 aromatic rings. The van der Waals surface area contributed by atoms with Gasteiger partial charge in [-0.05, 0) is 122 Å². The zero-order valence-electron chi connectivity index (χ0n) is 40.7. The van der Waals surface area contributed by atoms with Crippen LogP contribution in [0.5, 0.6) is 0 Å². The van der Waals surface area contributed by atoms with Crippen LogP contribution in [0.2, 0.25) is 0 Å². The first-order valence-corrected chi connectivity index (χ1v) is 28.0. The maximum absolute atomic E-state index is 12.5. The number of tetrazole rings is 2. The molecule has 0 spiro atoms. The third-order valence-corrected chi connectivity index (χ3v) is 17.0. The van der Waals surface area contributed by atoms with Crippen molar-refractivity contribution in [3.05, 3.63) is 108 Å². The fourth-order valence-corrected chi connectivity index (χ4v) is 11.6. The predicted molar refractivity (Wildman–Crippen MR) is 275 cm³/mol. The van der Waals surface area contributed by atoms with Gasteiger partial charge >= 0.3 is 7.12 Å². The van der Waals surface area contributed by atoms with Crippen molar-refractivity contribution in [2.24, 2.45) is 11.8 Å². The van der Waals surface area contributed by atoms with Crippen LogP contribution in [-0.2, 0) is 32.9 Å². The van der Waals surface area contributed by atoms with Gasteiger partial charge < -0.3 is 20.3 Å². The van der Waals surface area contributed by atoms with Crippen LogP contribution in [0.3, 0.4) is 0 Å². The quantitative estimate of drug-likeness (QED) is 0.0895. The molecule has 2 unspecified atom stereocenters. The zero-order chi connectivity index (χ0) is 49.8. The number of hydrogen-bond acceptors (Lipinski definition) is 14. The summed E-state index contributed by atoms with van der Waals surface area (Å²) < 4.78 is 54.4. The van der Waals surface area contributed by atoms with Crippen molar-refractivity contribution in [3.63, 3.8) is 0 Å². The molecule has 0 radical (unpaired) electrons. The SMILES string of the molecule is CNS(=O)(=O)c1ccc(CC2CCCCC2)c(-c2nnn(C3CCN(c4ccccc4)C3)n2)c1.CNS(=O)(=O)c1ccc(CC2CCCCC2)c(-c2nnn(C3CCNC3)n2)c1.OB(O)c1ccccc1. The highest BCUT2D eigenvalue weighted by Gasteiger charge is 2.28. The Morgan fingerprint density at radius 2 is 1.11 bits per heavy atom. The van der Waals surface area contributed by atoms with Gasteiger partial charge in [0.05, 0.1) is 21.9 Å². The summed E-state index contributed by atoms with van der Waals surface area (Å²) in [6, 6.07) is 30.0. The van der Waals surface area contributed by atoms with E-state index in [1.165, 1.54) is 84.0 Å². The van der Waals surface area contributed by atoms with E-state index in [0.717, 1.165) is 74.1 Å². The molecular formula is C50H67BN12O6S2. The van der Waals surface area contributed by atoms with E-state index in [0.29, 0.717) is 28.9 Å². The van der Waals surface area contributed by atoms with Crippen molar-refractivity contribution in [1.29, 1.82) is 0 Å². The summed E-state index contributed by atoms with van der Waals surface area (Å²) in [5.74, 6) is 2.25. The van der Waals surface area contributed by atoms with Gasteiger partial charge in [-0.2, -0.15) is 9.59 Å². The van der Waals surface area contributed by atoms with Gasteiger partial charge in [-0.1, -0.05) is 125 Å². The fourth-order valence-electron chi connectivity index (χ4n) is 10.1. The molecule has 4 heterocycles. The second-order valence-electron chi connectivity index (χ2n) is 19.0. The third kappa shape index (κ3) is 13.6. The Balaban J connectivity index is 0.000000164. The van der Waals surface area contributed by atoms with E-state index in [4.69, 9.17) is 15.1 Å². The molecule has 71 heavy (non-hydrogen) atoms. The Labute approximate surface area is 418 Å². The summed E-state index contributed by atoms with van der Waals surface area (Å²) in [7, 11) is -5.58. The number of nitrogens with one attached hydrogen (secondary N) is 3. The molecule has 378 valence electrons. The molecule has 4 aliphatic rings. The largest absolute Gasteiger partial charge is 0.488 e. The number of aromatic nitrogens is 8. The monoisotopic (exact) mass is 1010 g/mol. The van der Waals surface area contributed by atoms with Crippen LogP contribution in [0, 0.1) is 11.8 Å². The van der Waals surface area contributed by atoms with Crippen LogP contribution in [0.15, 0.2) is 107 Å². The van der Waals surface area contributed by atoms with Crippen molar-refractivity contribution in [1.82, 2.24) is 55.2 Å². The highest BCUT2D eigenvalue weighted by Crippen LogP contribution is 2.34. The zero-order valence-corrected chi connectivity index (χ0v) is 42.4. The van der Waals surface area contributed by atoms with Gasteiger partial charge in [0, 0.05) is 36.4 Å². The Bertz CT molecular complexity index is 2850. The average molecular weight is 1010 g/mol. The molecule has 4 aromatic carbocycles. The smallest absolute Gasteiger partial charge is 0.423 e. The second-order valence-corrected chi connectivity index (χ2v) is 22.8. The molecule has 2 saturated heterocycles. The van der Waals surface area contributed by atoms with Crippen LogP contribution in [0.1, 0.15) is 100 Å². The van der Waals surface area contributed by atoms with E-state index in [1.54, 1.807) is 58.1 Å². The lowest BCUT2D eigenvalue weighted by Gasteiger charge is -2.22. The molecule has 18 nitrogen and oxygen atoms in total. The number of benzene rings is 4. The molecule has 2 aromatic heterocycles. The number of nitrogens with zero attached hydrogens (tertiary/aromatic N) is 9. The van der Waals surface area contributed by atoms with Gasteiger partial charge in [0.25, 0.3) is 0 Å². The lowest BCUT2D eigenvalue weighted by Crippen LogP contribution is -2.29. The van der Waals surface area contributed by atoms with E-state index in [-0.39, 0.29) is 21.9 Å². The minimum atomic E-state index is -3.56. The first-order chi connectivity index (χ1) is 34.4. The maximum atomic E-state index is 12.5. The highest BCUT2D eigenvalue weighted by atomic mass is 32.2. The van der Waals surface area contributed by atoms with Crippen molar-refractivity contribution in [2.45, 2.75) is 112 Å². The van der Waals surface area contributed by atoms with E-state index >= 15 is 0 Å². The van der Waals surface area contributed by atoms with Gasteiger partial charge in [0.2, 0.25) is 31.7 Å². The van der Waals surface area contributed by atoms with Crippen LogP contribution < -0.4 is 25.1 Å². The fraction of sp³-hybridized carbons (Fsp3) is 0.480. The number of sulfonamides is 2. The molecule has 5 N–H and O–H groups in total. The minimum absolute atomic E-state index is 0.132. The first kappa shape index (κ1) is 51.9. The van der Waals surface area contributed by atoms with E-state index in [1.807, 2.05) is 24.3 Å². The van der Waals surface area contributed by atoms with Crippen molar-refractivity contribution in [2.75, 3.05) is 45.2 Å². The average Bonchev–Trinajstić information content (AvgIpc) is 4.27. The normalized spacial score (nSPS) is 18.9. The molecule has 21 heteroatoms. The summed E-state index contributed by atoms with van der Waals surface area (Å²) >= 11 is 0. The maximum Gasteiger partial charge on any atom is 0.488 e. The Morgan fingerprint density at radius 3 is 1.56 bits per heavy atom. The minimum Gasteiger partial charge on any atom is -0.423 e. The standard InChI is InChI=1S/C25H32N6O2S.C19H28N6O2S.C6H7BO2/c1-26-34(32,33)23-13-12-20(16-19-8-4-2-5-9-19)24(17-23)25-27-29-31(28-25)22-14-15-30(18-22)21-10-6-3-7-11-21;1-20-28(26,27)17-8-7-15(11-14-5-3-2-4-6-14)18(12-17)19-22-24-25(23-19)16-9-10-21-13-16;8-7(9)6-4-2-1-3-5-6/h3,6-7,10-13,17,19,22,26H,2,4-5,8-9,14-16,18H2,1H3;7-8,12,14,16,20-21H,2-6,9-11,13H2,1H3;1-5,8-9H. The summed E-state index contributed by atoms with van der Waals surface area (Å²) in [5.41, 5.74) is 5.47. The van der Waals surface area contributed by atoms with Crippen LogP contribution in [0.25, 0.3) is 22.8 Å². The van der Waals surface area contributed by atoms with Crippen LogP contribution in [0.4, 0.5) is 5.69 Å². The van der Waals surface area contributed by atoms with Gasteiger partial charge in [0.1, 0.15) is 0 Å². The highest BCUT2D eigenvalue weighted by molar-refractivity contribution is 7.89. The van der Waals surface area contributed by atoms with Gasteiger partial charge in [0.15, 0.2) is 0 Å². The summed E-state index contributed by atoms with van der Waals surface area (Å²) in [6.45, 7) is 3.54. The van der Waals surface area contributed by atoms with E-state index in [2.05, 4.69) is 69.6 Å². The number of para-hydroxylation sites is 1. The summed E-state index contributed by atoms with van der Waals surface area (Å²) in [5, 5.41) is 47.1. The second kappa shape index (κ2) is 24.3. The number of anilines is 1. The molecule has 2 saturated carbocycles. The Morgan fingerprint density at radius 1 is 0.620 bits per heavy atom. The number of hydrogen-bond donors (Lipinski definition) is 5. The third-order valence-electron chi connectivity index (χ3n) is 14.2. The predicted octanol–water partition coefficient (Wildman–Crippen LogP) is 5.09. The molecule has 2 aliphatic carbocycles. The lowest BCUT2D eigenvalue weighted by molar-refractivity contribution is 0.357. The Kier molecular flexibility index (Phi) is 17.8. The van der Waals surface area contributed by atoms with Crippen LogP contribution in [-0.4, -0.2) is 115 Å². The van der Waals surface area contributed by atoms with Gasteiger partial charge in [-0.15, -0.1) is 20.4 Å². The van der Waals surface area contributed by atoms with Gasteiger partial charge in [-0.3, -0.25) is 0 Å². The molecule has 0 amide bonds. The molecule has 4 fully saturated rings. The van der Waals surface area contributed by atoms with Crippen molar-refractivity contribution < 1.29 is 26.9 Å². The molecule has 2 aliphatic heterocycles.